The van der Waals surface area contributed by atoms with Crippen LogP contribution in [-0.2, 0) is 5.60 Å². The standard InChI is InChI=1S/C27H21FO2/c1-18-17-20(12-14-25(18)29-2)27(23-9-5-6-10-24(23)28)16-15-22-21-8-4-3-7-19(21)11-13-26(22)30-27/h3-17H,1-2H3. The lowest BCUT2D eigenvalue weighted by Crippen LogP contribution is -2.35. The average Bonchev–Trinajstić information content (AvgIpc) is 2.78. The summed E-state index contributed by atoms with van der Waals surface area (Å²) in [5, 5.41) is 2.25. The number of hydrogen-bond acceptors (Lipinski definition) is 2. The van der Waals surface area contributed by atoms with Gasteiger partial charge in [-0.2, -0.15) is 0 Å². The van der Waals surface area contributed by atoms with Gasteiger partial charge in [-0.3, -0.25) is 0 Å². The first-order valence-corrected chi connectivity index (χ1v) is 9.92. The van der Waals surface area contributed by atoms with Gasteiger partial charge in [-0.25, -0.2) is 4.39 Å². The second kappa shape index (κ2) is 7.03. The van der Waals surface area contributed by atoms with E-state index in [0.717, 1.165) is 39.0 Å². The molecule has 4 aromatic carbocycles. The van der Waals surface area contributed by atoms with Crippen LogP contribution in [0.15, 0.2) is 84.9 Å². The van der Waals surface area contributed by atoms with Crippen molar-refractivity contribution in [3.05, 3.63) is 113 Å². The molecule has 30 heavy (non-hydrogen) atoms. The normalized spacial score (nSPS) is 17.4. The first-order chi connectivity index (χ1) is 14.6. The summed E-state index contributed by atoms with van der Waals surface area (Å²) in [5.74, 6) is 1.21. The van der Waals surface area contributed by atoms with Crippen molar-refractivity contribution in [3.63, 3.8) is 0 Å². The van der Waals surface area contributed by atoms with Crippen molar-refractivity contribution < 1.29 is 13.9 Å². The maximum absolute atomic E-state index is 15.0. The van der Waals surface area contributed by atoms with Crippen LogP contribution < -0.4 is 9.47 Å². The van der Waals surface area contributed by atoms with Crippen LogP contribution in [0.5, 0.6) is 11.5 Å². The molecule has 3 heteroatoms. The van der Waals surface area contributed by atoms with E-state index in [2.05, 4.69) is 12.1 Å². The summed E-state index contributed by atoms with van der Waals surface area (Å²) in [6.07, 6.45) is 4.01. The van der Waals surface area contributed by atoms with Crippen LogP contribution in [0, 0.1) is 12.7 Å². The lowest BCUT2D eigenvalue weighted by atomic mass is 9.82. The number of benzene rings is 4. The van der Waals surface area contributed by atoms with Crippen molar-refractivity contribution in [2.24, 2.45) is 0 Å². The van der Waals surface area contributed by atoms with Crippen molar-refractivity contribution in [2.45, 2.75) is 12.5 Å². The van der Waals surface area contributed by atoms with Crippen LogP contribution in [0.4, 0.5) is 4.39 Å². The van der Waals surface area contributed by atoms with E-state index in [-0.39, 0.29) is 5.82 Å². The molecular formula is C27H21FO2. The Morgan fingerprint density at radius 2 is 1.70 bits per heavy atom. The zero-order valence-corrected chi connectivity index (χ0v) is 16.9. The third-order valence-corrected chi connectivity index (χ3v) is 5.78. The van der Waals surface area contributed by atoms with E-state index in [0.29, 0.717) is 5.56 Å². The fourth-order valence-corrected chi connectivity index (χ4v) is 4.27. The van der Waals surface area contributed by atoms with Gasteiger partial charge in [-0.15, -0.1) is 0 Å². The van der Waals surface area contributed by atoms with E-state index in [1.165, 1.54) is 6.07 Å². The molecule has 2 nitrogen and oxygen atoms in total. The van der Waals surface area contributed by atoms with Crippen molar-refractivity contribution in [1.82, 2.24) is 0 Å². The summed E-state index contributed by atoms with van der Waals surface area (Å²) < 4.78 is 27.1. The summed E-state index contributed by atoms with van der Waals surface area (Å²) in [6.45, 7) is 1.98. The number of fused-ring (bicyclic) bond motifs is 3. The van der Waals surface area contributed by atoms with Gasteiger partial charge < -0.3 is 9.47 Å². The molecule has 0 saturated heterocycles. The molecular weight excluding hydrogens is 375 g/mol. The van der Waals surface area contributed by atoms with Crippen LogP contribution in [0.2, 0.25) is 0 Å². The molecule has 1 aliphatic heterocycles. The van der Waals surface area contributed by atoms with Crippen LogP contribution in [0.3, 0.4) is 0 Å². The molecule has 1 heterocycles. The number of methoxy groups -OCH3 is 1. The maximum atomic E-state index is 15.0. The number of rotatable bonds is 3. The smallest absolute Gasteiger partial charge is 0.180 e. The highest BCUT2D eigenvalue weighted by Gasteiger charge is 2.39. The van der Waals surface area contributed by atoms with Gasteiger partial charge in [0.05, 0.1) is 7.11 Å². The van der Waals surface area contributed by atoms with E-state index in [1.807, 2.05) is 67.6 Å². The lowest BCUT2D eigenvalue weighted by molar-refractivity contribution is 0.156. The van der Waals surface area contributed by atoms with Gasteiger partial charge in [-0.1, -0.05) is 54.6 Å². The Labute approximate surface area is 175 Å². The van der Waals surface area contributed by atoms with Crippen molar-refractivity contribution in [2.75, 3.05) is 7.11 Å². The van der Waals surface area contributed by atoms with E-state index in [1.54, 1.807) is 19.2 Å². The second-order valence-electron chi connectivity index (χ2n) is 7.53. The Morgan fingerprint density at radius 3 is 2.50 bits per heavy atom. The fourth-order valence-electron chi connectivity index (χ4n) is 4.27. The minimum absolute atomic E-state index is 0.306. The summed E-state index contributed by atoms with van der Waals surface area (Å²) in [7, 11) is 1.65. The molecule has 0 aliphatic carbocycles. The third-order valence-electron chi connectivity index (χ3n) is 5.78. The lowest BCUT2D eigenvalue weighted by Gasteiger charge is -2.36. The number of hydrogen-bond donors (Lipinski definition) is 0. The minimum Gasteiger partial charge on any atom is -0.496 e. The molecule has 0 amide bonds. The Balaban J connectivity index is 1.76. The molecule has 0 N–H and O–H groups in total. The van der Waals surface area contributed by atoms with E-state index in [4.69, 9.17) is 9.47 Å². The van der Waals surface area contributed by atoms with Crippen LogP contribution in [0.1, 0.15) is 22.3 Å². The molecule has 1 atom stereocenters. The number of ether oxygens (including phenoxy) is 2. The largest absolute Gasteiger partial charge is 0.496 e. The first kappa shape index (κ1) is 18.4. The van der Waals surface area contributed by atoms with Gasteiger partial charge in [0.2, 0.25) is 0 Å². The van der Waals surface area contributed by atoms with Crippen molar-refractivity contribution in [3.8, 4) is 11.5 Å². The highest BCUT2D eigenvalue weighted by Crippen LogP contribution is 2.45. The molecule has 0 spiro atoms. The van der Waals surface area contributed by atoms with E-state index < -0.39 is 5.60 Å². The van der Waals surface area contributed by atoms with Crippen LogP contribution >= 0.6 is 0 Å². The summed E-state index contributed by atoms with van der Waals surface area (Å²) in [5.41, 5.74) is 2.22. The molecule has 0 fully saturated rings. The number of aryl methyl sites for hydroxylation is 1. The van der Waals surface area contributed by atoms with Gasteiger partial charge >= 0.3 is 0 Å². The molecule has 4 aromatic rings. The molecule has 1 aliphatic rings. The maximum Gasteiger partial charge on any atom is 0.180 e. The zero-order valence-electron chi connectivity index (χ0n) is 16.9. The minimum atomic E-state index is -1.07. The van der Waals surface area contributed by atoms with Gasteiger partial charge in [0.25, 0.3) is 0 Å². The quantitative estimate of drug-likeness (QED) is 0.386. The summed E-state index contributed by atoms with van der Waals surface area (Å²) in [4.78, 5) is 0. The molecule has 0 bridgehead atoms. The van der Waals surface area contributed by atoms with Crippen molar-refractivity contribution >= 4 is 16.8 Å². The highest BCUT2D eigenvalue weighted by molar-refractivity contribution is 5.94. The average molecular weight is 396 g/mol. The van der Waals surface area contributed by atoms with Crippen LogP contribution in [-0.4, -0.2) is 7.11 Å². The molecule has 5 rings (SSSR count). The predicted molar refractivity (Wildman–Crippen MR) is 119 cm³/mol. The Hall–Kier alpha value is -3.59. The molecule has 0 saturated carbocycles. The van der Waals surface area contributed by atoms with Crippen molar-refractivity contribution in [1.29, 1.82) is 0 Å². The predicted octanol–water partition coefficient (Wildman–Crippen LogP) is 6.65. The Morgan fingerprint density at radius 1 is 0.900 bits per heavy atom. The monoisotopic (exact) mass is 396 g/mol. The van der Waals surface area contributed by atoms with Gasteiger partial charge in [0, 0.05) is 16.7 Å². The summed E-state index contributed by atoms with van der Waals surface area (Å²) >= 11 is 0. The van der Waals surface area contributed by atoms with Crippen LogP contribution in [0.25, 0.3) is 16.8 Å². The fraction of sp³-hybridized carbons (Fsp3) is 0.111. The zero-order chi connectivity index (χ0) is 20.7. The second-order valence-corrected chi connectivity index (χ2v) is 7.53. The van der Waals surface area contributed by atoms with Gasteiger partial charge in [-0.05, 0) is 59.7 Å². The van der Waals surface area contributed by atoms with E-state index in [9.17, 15) is 0 Å². The SMILES string of the molecule is COc1ccc(C2(c3ccccc3F)C=Cc3c(ccc4ccccc34)O2)cc1C. The molecule has 148 valence electrons. The molecule has 1 unspecified atom stereocenters. The van der Waals surface area contributed by atoms with E-state index >= 15 is 4.39 Å². The first-order valence-electron chi connectivity index (χ1n) is 9.92. The Kier molecular flexibility index (Phi) is 4.32. The van der Waals surface area contributed by atoms with Gasteiger partial charge in [0.15, 0.2) is 5.60 Å². The number of halogens is 1. The van der Waals surface area contributed by atoms with Gasteiger partial charge in [0.1, 0.15) is 17.3 Å². The molecule has 0 radical (unpaired) electrons. The molecule has 0 aromatic heterocycles. The third kappa shape index (κ3) is 2.78. The highest BCUT2D eigenvalue weighted by atomic mass is 19.1. The summed E-state index contributed by atoms with van der Waals surface area (Å²) in [6, 6.07) is 24.8. The Bertz CT molecular complexity index is 1290. The topological polar surface area (TPSA) is 18.5 Å².